The second-order valence-electron chi connectivity index (χ2n) is 1.27. The smallest absolute Gasteiger partial charge is 0.0931 e. The molecule has 1 heterocycles. The molecule has 0 aliphatic rings. The SMILES string of the molecule is [2H]C([2H])([2H])c1nc(C([2H])([2H])C([2H])([2H])[2H])c(Br)s1. The van der Waals surface area contributed by atoms with Crippen LogP contribution in [0, 0.1) is 6.85 Å². The Balaban J connectivity index is 3.30. The molecule has 0 aromatic carbocycles. The van der Waals surface area contributed by atoms with Gasteiger partial charge >= 0.3 is 0 Å². The van der Waals surface area contributed by atoms with Crippen LogP contribution >= 0.6 is 27.3 Å². The van der Waals surface area contributed by atoms with E-state index in [1.807, 2.05) is 0 Å². The number of nitrogens with zero attached hydrogens (tertiary/aromatic N) is 1. The second kappa shape index (κ2) is 2.80. The molecule has 0 N–H and O–H groups in total. The Morgan fingerprint density at radius 3 is 3.44 bits per heavy atom. The van der Waals surface area contributed by atoms with Crippen molar-refractivity contribution in [3.05, 3.63) is 14.5 Å². The largest absolute Gasteiger partial charge is 0.245 e. The molecular formula is C6H8BrNS. The summed E-state index contributed by atoms with van der Waals surface area (Å²) in [5.74, 6) is 0. The van der Waals surface area contributed by atoms with Gasteiger partial charge in [-0.25, -0.2) is 4.98 Å². The Hall–Kier alpha value is 0.110. The quantitative estimate of drug-likeness (QED) is 0.700. The maximum absolute atomic E-state index is 7.51. The molecule has 0 amide bonds. The zero-order valence-electron chi connectivity index (χ0n) is 12.2. The summed E-state index contributed by atoms with van der Waals surface area (Å²) in [7, 11) is 0. The lowest BCUT2D eigenvalue weighted by Crippen LogP contribution is -1.78. The fourth-order valence-corrected chi connectivity index (χ4v) is 1.53. The van der Waals surface area contributed by atoms with Crippen molar-refractivity contribution in [1.29, 1.82) is 0 Å². The van der Waals surface area contributed by atoms with Gasteiger partial charge in [0.1, 0.15) is 0 Å². The van der Waals surface area contributed by atoms with Crippen LogP contribution in [0.5, 0.6) is 0 Å². The highest BCUT2D eigenvalue weighted by molar-refractivity contribution is 9.11. The number of rotatable bonds is 1. The molecule has 3 heteroatoms. The van der Waals surface area contributed by atoms with Crippen molar-refractivity contribution >= 4 is 27.3 Å². The van der Waals surface area contributed by atoms with E-state index in [1.165, 1.54) is 0 Å². The summed E-state index contributed by atoms with van der Waals surface area (Å²) in [5, 5.41) is -0.285. The first-order chi connectivity index (χ1) is 7.37. The van der Waals surface area contributed by atoms with Crippen LogP contribution in [-0.4, -0.2) is 4.98 Å². The van der Waals surface area contributed by atoms with Crippen molar-refractivity contribution in [1.82, 2.24) is 4.98 Å². The topological polar surface area (TPSA) is 12.9 Å². The van der Waals surface area contributed by atoms with Gasteiger partial charge in [0, 0.05) is 11.0 Å². The Bertz CT molecular complexity index is 419. The van der Waals surface area contributed by atoms with Gasteiger partial charge in [0.05, 0.1) is 14.5 Å². The second-order valence-corrected chi connectivity index (χ2v) is 3.58. The molecule has 0 bridgehead atoms. The van der Waals surface area contributed by atoms with Crippen molar-refractivity contribution in [2.24, 2.45) is 0 Å². The van der Waals surface area contributed by atoms with Crippen molar-refractivity contribution < 1.29 is 11.0 Å². The average molecular weight is 214 g/mol. The zero-order chi connectivity index (χ0) is 13.6. The first-order valence-corrected chi connectivity index (χ1v) is 3.65. The van der Waals surface area contributed by atoms with Gasteiger partial charge in [-0.2, -0.15) is 0 Å². The van der Waals surface area contributed by atoms with E-state index >= 15 is 0 Å². The molecule has 9 heavy (non-hydrogen) atoms. The predicted molar refractivity (Wildman–Crippen MR) is 43.9 cm³/mol. The van der Waals surface area contributed by atoms with Crippen molar-refractivity contribution in [2.45, 2.75) is 20.1 Å². The van der Waals surface area contributed by atoms with E-state index in [1.54, 1.807) is 0 Å². The molecule has 1 aromatic heterocycles. The Morgan fingerprint density at radius 2 is 2.89 bits per heavy atom. The highest BCUT2D eigenvalue weighted by Gasteiger charge is 2.01. The molecule has 0 radical (unpaired) electrons. The minimum Gasteiger partial charge on any atom is -0.245 e. The first-order valence-electron chi connectivity index (χ1n) is 6.04. The summed E-state index contributed by atoms with van der Waals surface area (Å²) in [6.45, 7) is -5.38. The van der Waals surface area contributed by atoms with Crippen LogP contribution in [0.25, 0.3) is 0 Å². The van der Waals surface area contributed by atoms with Gasteiger partial charge in [-0.1, -0.05) is 6.85 Å². The van der Waals surface area contributed by atoms with Crippen LogP contribution < -0.4 is 0 Å². The fraction of sp³-hybridized carbons (Fsp3) is 0.500. The van der Waals surface area contributed by atoms with Crippen molar-refractivity contribution in [3.63, 3.8) is 0 Å². The lowest BCUT2D eigenvalue weighted by molar-refractivity contribution is 1.04. The maximum Gasteiger partial charge on any atom is 0.0931 e. The molecule has 0 fully saturated rings. The highest BCUT2D eigenvalue weighted by Crippen LogP contribution is 2.24. The lowest BCUT2D eigenvalue weighted by atomic mass is 10.4. The summed E-state index contributed by atoms with van der Waals surface area (Å²) in [6.07, 6.45) is -2.69. The molecule has 1 rings (SSSR count). The van der Waals surface area contributed by atoms with Gasteiger partial charge in [-0.05, 0) is 29.2 Å². The molecule has 0 saturated carbocycles. The average Bonchev–Trinajstić information content (AvgIpc) is 2.44. The Morgan fingerprint density at radius 1 is 2.00 bits per heavy atom. The zero-order valence-corrected chi connectivity index (χ0v) is 6.64. The third-order valence-electron chi connectivity index (χ3n) is 0.704. The van der Waals surface area contributed by atoms with E-state index in [0.29, 0.717) is 0 Å². The van der Waals surface area contributed by atoms with Gasteiger partial charge in [-0.3, -0.25) is 0 Å². The molecule has 0 saturated heterocycles. The van der Waals surface area contributed by atoms with Crippen LogP contribution in [0.3, 0.4) is 0 Å². The standard InChI is InChI=1S/C6H8BrNS/c1-3-5-6(7)9-4(2)8-5/h3H2,1-2H3/i1D3,2D3,3D2. The van der Waals surface area contributed by atoms with Gasteiger partial charge in [0.15, 0.2) is 0 Å². The molecule has 0 atom stereocenters. The molecule has 50 valence electrons. The fourth-order valence-electron chi connectivity index (χ4n) is 0.379. The summed E-state index contributed by atoms with van der Waals surface area (Å²) in [4.78, 5) is 3.59. The monoisotopic (exact) mass is 213 g/mol. The van der Waals surface area contributed by atoms with Crippen LogP contribution in [0.15, 0.2) is 3.79 Å². The molecule has 1 nitrogen and oxygen atoms in total. The van der Waals surface area contributed by atoms with Crippen molar-refractivity contribution in [3.8, 4) is 0 Å². The summed E-state index contributed by atoms with van der Waals surface area (Å²) >= 11 is 3.67. The van der Waals surface area contributed by atoms with Crippen LogP contribution in [0.1, 0.15) is 28.5 Å². The maximum atomic E-state index is 7.51. The van der Waals surface area contributed by atoms with E-state index in [-0.39, 0.29) is 8.79 Å². The summed E-state index contributed by atoms with van der Waals surface area (Å²) in [5.41, 5.74) is -0.395. The molecule has 0 aliphatic carbocycles. The lowest BCUT2D eigenvalue weighted by Gasteiger charge is -1.84. The number of hydrogen-bond acceptors (Lipinski definition) is 2. The number of halogens is 1. The first kappa shape index (κ1) is 2.05. The van der Waals surface area contributed by atoms with E-state index in [4.69, 9.17) is 11.0 Å². The minimum atomic E-state index is -2.91. The summed E-state index contributed by atoms with van der Waals surface area (Å²) < 4.78 is 57.8. The van der Waals surface area contributed by atoms with Gasteiger partial charge in [0.2, 0.25) is 0 Å². The van der Waals surface area contributed by atoms with Crippen molar-refractivity contribution in [2.75, 3.05) is 0 Å². The van der Waals surface area contributed by atoms with Crippen LogP contribution in [0.4, 0.5) is 0 Å². The van der Waals surface area contributed by atoms with Gasteiger partial charge in [-0.15, -0.1) is 11.3 Å². The normalized spacial score (nSPS) is 27.7. The van der Waals surface area contributed by atoms with Gasteiger partial charge in [0.25, 0.3) is 0 Å². The van der Waals surface area contributed by atoms with E-state index < -0.39 is 25.8 Å². The number of thiazole rings is 1. The van der Waals surface area contributed by atoms with E-state index in [9.17, 15) is 0 Å². The minimum absolute atomic E-state index is 0.0877. The summed E-state index contributed by atoms with van der Waals surface area (Å²) in [6, 6.07) is 0. The van der Waals surface area contributed by atoms with E-state index in [0.717, 1.165) is 11.3 Å². The van der Waals surface area contributed by atoms with E-state index in [2.05, 4.69) is 20.9 Å². The molecule has 1 aromatic rings. The number of aryl methyl sites for hydroxylation is 2. The molecule has 0 spiro atoms. The number of hydrogen-bond donors (Lipinski definition) is 0. The highest BCUT2D eigenvalue weighted by atomic mass is 79.9. The van der Waals surface area contributed by atoms with Gasteiger partial charge < -0.3 is 0 Å². The molecule has 0 aliphatic heterocycles. The molecule has 0 unspecified atom stereocenters. The third kappa shape index (κ3) is 1.52. The Kier molecular flexibility index (Phi) is 0.636. The number of aromatic nitrogens is 1. The van der Waals surface area contributed by atoms with Crippen LogP contribution in [0.2, 0.25) is 0 Å². The van der Waals surface area contributed by atoms with Crippen LogP contribution in [-0.2, 0) is 6.37 Å². The predicted octanol–water partition coefficient (Wildman–Crippen LogP) is 2.78. The molecular weight excluding hydrogens is 198 g/mol. The third-order valence-corrected chi connectivity index (χ3v) is 2.22. The Labute approximate surface area is 78.5 Å².